The van der Waals surface area contributed by atoms with Gasteiger partial charge in [-0.2, -0.15) is 0 Å². The number of nitrogens with two attached hydrogens (primary N) is 1. The minimum Gasteiger partial charge on any atom is -0.352 e. The van der Waals surface area contributed by atoms with Crippen molar-refractivity contribution in [1.29, 1.82) is 0 Å². The third-order valence-electron chi connectivity index (χ3n) is 5.41. The second-order valence-corrected chi connectivity index (χ2v) is 10.0. The van der Waals surface area contributed by atoms with E-state index >= 15 is 0 Å². The van der Waals surface area contributed by atoms with Crippen LogP contribution in [-0.2, 0) is 14.4 Å². The largest absolute Gasteiger partial charge is 0.352 e. The highest BCUT2D eigenvalue weighted by molar-refractivity contribution is 5.93. The summed E-state index contributed by atoms with van der Waals surface area (Å²) in [5.74, 6) is -1.25. The fraction of sp³-hybridized carbons (Fsp3) is 0.833. The Bertz CT molecular complexity index is 634. The molecule has 0 fully saturated rings. The van der Waals surface area contributed by atoms with Gasteiger partial charge in [0.1, 0.15) is 0 Å². The van der Waals surface area contributed by atoms with Gasteiger partial charge >= 0.3 is 6.03 Å². The van der Waals surface area contributed by atoms with E-state index < -0.39 is 24.0 Å². The average Bonchev–Trinajstić information content (AvgIpc) is 2.69. The second-order valence-electron chi connectivity index (χ2n) is 10.0. The van der Waals surface area contributed by atoms with E-state index in [1.54, 1.807) is 13.8 Å². The van der Waals surface area contributed by atoms with Gasteiger partial charge in [-0.3, -0.25) is 14.4 Å². The lowest BCUT2D eigenvalue weighted by Gasteiger charge is -2.27. The Hall–Kier alpha value is -2.00. The van der Waals surface area contributed by atoms with Gasteiger partial charge in [0, 0.05) is 43.4 Å². The van der Waals surface area contributed by atoms with Crippen molar-refractivity contribution in [3.05, 3.63) is 0 Å². The van der Waals surface area contributed by atoms with Gasteiger partial charge in [-0.05, 0) is 18.8 Å². The van der Waals surface area contributed by atoms with Gasteiger partial charge in [0.2, 0.25) is 5.91 Å². The van der Waals surface area contributed by atoms with Gasteiger partial charge in [0.15, 0.2) is 11.6 Å². The molecule has 0 aromatic rings. The normalized spacial score (nSPS) is 14.4. The zero-order chi connectivity index (χ0) is 25.7. The molecule has 0 aliphatic rings. The highest BCUT2D eigenvalue weighted by atomic mass is 16.2. The van der Waals surface area contributed by atoms with Crippen LogP contribution in [0.2, 0.25) is 0 Å². The Labute approximate surface area is 199 Å². The Morgan fingerprint density at radius 2 is 1.45 bits per heavy atom. The molecule has 0 aromatic heterocycles. The number of hydrogen-bond acceptors (Lipinski definition) is 6. The summed E-state index contributed by atoms with van der Waals surface area (Å²) in [4.78, 5) is 49.8. The monoisotopic (exact) mass is 469 g/mol. The maximum absolute atomic E-state index is 13.2. The summed E-state index contributed by atoms with van der Waals surface area (Å²) in [7, 11) is 0. The van der Waals surface area contributed by atoms with Crippen LogP contribution in [0.1, 0.15) is 74.7 Å². The molecule has 3 amide bonds. The predicted octanol–water partition coefficient (Wildman–Crippen LogP) is 1.74. The molecule has 0 heterocycles. The molecule has 0 unspecified atom stereocenters. The Kier molecular flexibility index (Phi) is 14.8. The van der Waals surface area contributed by atoms with Crippen LogP contribution in [-0.4, -0.2) is 60.8 Å². The molecule has 0 saturated heterocycles. The van der Waals surface area contributed by atoms with Crippen molar-refractivity contribution in [3.8, 4) is 0 Å². The molecule has 0 aromatic carbocycles. The van der Waals surface area contributed by atoms with Gasteiger partial charge < -0.3 is 27.0 Å². The summed E-state index contributed by atoms with van der Waals surface area (Å²) in [5, 5.41) is 12.0. The fourth-order valence-electron chi connectivity index (χ4n) is 3.50. The number of amides is 3. The van der Waals surface area contributed by atoms with E-state index in [9.17, 15) is 19.2 Å². The van der Waals surface area contributed by atoms with E-state index in [-0.39, 0.29) is 47.8 Å². The third kappa shape index (κ3) is 13.3. The molecule has 0 rings (SSSR count). The van der Waals surface area contributed by atoms with Crippen LogP contribution in [0, 0.1) is 17.8 Å². The van der Waals surface area contributed by atoms with E-state index in [1.807, 2.05) is 41.5 Å². The van der Waals surface area contributed by atoms with E-state index in [0.29, 0.717) is 25.9 Å². The number of carbonyl (C=O) groups excluding carboxylic acids is 4. The summed E-state index contributed by atoms with van der Waals surface area (Å²) in [6, 6.07) is -1.32. The summed E-state index contributed by atoms with van der Waals surface area (Å²) in [6.45, 7) is 16.2. The number of urea groups is 1. The Balaban J connectivity index is 5.33. The van der Waals surface area contributed by atoms with Crippen molar-refractivity contribution in [3.63, 3.8) is 0 Å². The number of nitrogens with one attached hydrogen (secondary N) is 4. The molecule has 0 bridgehead atoms. The summed E-state index contributed by atoms with van der Waals surface area (Å²) >= 11 is 0. The smallest absolute Gasteiger partial charge is 0.312 e. The van der Waals surface area contributed by atoms with Crippen LogP contribution in [0.4, 0.5) is 4.79 Å². The molecule has 9 heteroatoms. The van der Waals surface area contributed by atoms with Crippen LogP contribution >= 0.6 is 0 Å². The first-order valence-electron chi connectivity index (χ1n) is 12.2. The Morgan fingerprint density at radius 3 is 1.91 bits per heavy atom. The molecule has 0 spiro atoms. The maximum atomic E-state index is 13.2. The highest BCUT2D eigenvalue weighted by Crippen LogP contribution is 2.18. The van der Waals surface area contributed by atoms with E-state index in [0.717, 1.165) is 0 Å². The zero-order valence-electron chi connectivity index (χ0n) is 21.8. The first kappa shape index (κ1) is 31.0. The molecule has 33 heavy (non-hydrogen) atoms. The molecule has 0 radical (unpaired) electrons. The van der Waals surface area contributed by atoms with E-state index in [4.69, 9.17) is 5.73 Å². The Morgan fingerprint density at radius 1 is 0.848 bits per heavy atom. The predicted molar refractivity (Wildman–Crippen MR) is 132 cm³/mol. The van der Waals surface area contributed by atoms with Gasteiger partial charge in [-0.25, -0.2) is 4.79 Å². The van der Waals surface area contributed by atoms with Crippen molar-refractivity contribution in [2.75, 3.05) is 13.1 Å². The minimum atomic E-state index is -0.671. The molecule has 192 valence electrons. The van der Waals surface area contributed by atoms with E-state index in [1.165, 1.54) is 0 Å². The van der Waals surface area contributed by atoms with Gasteiger partial charge in [0.05, 0.1) is 12.1 Å². The van der Waals surface area contributed by atoms with Crippen molar-refractivity contribution < 1.29 is 19.2 Å². The highest BCUT2D eigenvalue weighted by Gasteiger charge is 2.32. The molecule has 0 saturated carbocycles. The molecule has 9 nitrogen and oxygen atoms in total. The van der Waals surface area contributed by atoms with Crippen LogP contribution < -0.4 is 27.0 Å². The number of ketones is 2. The van der Waals surface area contributed by atoms with Crippen molar-refractivity contribution >= 4 is 23.5 Å². The minimum absolute atomic E-state index is 0.0249. The zero-order valence-corrected chi connectivity index (χ0v) is 21.8. The first-order valence-corrected chi connectivity index (χ1v) is 12.2. The lowest BCUT2D eigenvalue weighted by Crippen LogP contribution is -2.51. The maximum Gasteiger partial charge on any atom is 0.312 e. The van der Waals surface area contributed by atoms with Crippen molar-refractivity contribution in [2.45, 2.75) is 98.8 Å². The van der Waals surface area contributed by atoms with Crippen molar-refractivity contribution in [1.82, 2.24) is 21.3 Å². The van der Waals surface area contributed by atoms with E-state index in [2.05, 4.69) is 21.3 Å². The van der Waals surface area contributed by atoms with Crippen molar-refractivity contribution in [2.24, 2.45) is 23.5 Å². The average molecular weight is 470 g/mol. The molecule has 0 aliphatic heterocycles. The topological polar surface area (TPSA) is 142 Å². The third-order valence-corrected chi connectivity index (χ3v) is 5.41. The molecular formula is C24H47N5O4. The number of Topliss-reactive ketones (excluding diaryl/α,β-unsaturated/α-hetero) is 2. The summed E-state index contributed by atoms with van der Waals surface area (Å²) in [6.07, 6.45) is 0.982. The lowest BCUT2D eigenvalue weighted by molar-refractivity contribution is -0.134. The second kappa shape index (κ2) is 15.8. The summed E-state index contributed by atoms with van der Waals surface area (Å²) < 4.78 is 0. The van der Waals surface area contributed by atoms with Gasteiger partial charge in [0.25, 0.3) is 0 Å². The quantitative estimate of drug-likeness (QED) is 0.205. The van der Waals surface area contributed by atoms with Gasteiger partial charge in [-0.15, -0.1) is 0 Å². The molecular weight excluding hydrogens is 422 g/mol. The molecule has 6 N–H and O–H groups in total. The van der Waals surface area contributed by atoms with Crippen LogP contribution in [0.3, 0.4) is 0 Å². The summed E-state index contributed by atoms with van der Waals surface area (Å²) in [5.41, 5.74) is 5.08. The molecule has 3 atom stereocenters. The number of primary amides is 1. The fourth-order valence-corrected chi connectivity index (χ4v) is 3.50. The van der Waals surface area contributed by atoms with Crippen LogP contribution in [0.25, 0.3) is 0 Å². The lowest BCUT2D eigenvalue weighted by atomic mass is 9.87. The SMILES string of the molecule is CC(C)NC[C@H](NC(C)C)C(=O)C[C@H](C(=O)N[C@@H](CCCNC(N)=O)C(=O)C(C)C)C(C)C. The van der Waals surface area contributed by atoms with Gasteiger partial charge in [-0.1, -0.05) is 55.4 Å². The number of hydrogen-bond donors (Lipinski definition) is 5. The number of carbonyl (C=O) groups is 4. The standard InChI is InChI=1S/C24H47N5O4/c1-14(2)18(12-21(30)20(28-17(7)8)13-27-16(5)6)23(32)29-19(22(31)15(3)4)10-9-11-26-24(25)33/h14-20,27-28H,9-13H2,1-8H3,(H,29,32)(H3,25,26,33)/t18-,19-,20-/m0/s1. The van der Waals surface area contributed by atoms with Crippen LogP contribution in [0.15, 0.2) is 0 Å². The van der Waals surface area contributed by atoms with Crippen LogP contribution in [0.5, 0.6) is 0 Å². The molecule has 0 aliphatic carbocycles. The first-order chi connectivity index (χ1) is 15.3. The number of rotatable bonds is 17.